The molecule has 10 nitrogen and oxygen atoms in total. The van der Waals surface area contributed by atoms with Crippen LogP contribution >= 0.6 is 22.6 Å². The van der Waals surface area contributed by atoms with E-state index in [9.17, 15) is 14.4 Å². The Morgan fingerprint density at radius 3 is 2.75 bits per heavy atom. The van der Waals surface area contributed by atoms with Crippen molar-refractivity contribution in [3.8, 4) is 0 Å². The summed E-state index contributed by atoms with van der Waals surface area (Å²) < 4.78 is 5.04. The first-order valence-corrected chi connectivity index (χ1v) is 9.87. The van der Waals surface area contributed by atoms with Gasteiger partial charge in [-0.05, 0) is 20.8 Å². The molecule has 0 radical (unpaired) electrons. The van der Waals surface area contributed by atoms with E-state index in [1.807, 2.05) is 0 Å². The number of alkyl carbamates (subject to hydrolysis) is 1. The van der Waals surface area contributed by atoms with Crippen LogP contribution in [-0.2, 0) is 19.2 Å². The Hall–Kier alpha value is -1.89. The summed E-state index contributed by atoms with van der Waals surface area (Å²) >= 11 is 1.62. The van der Waals surface area contributed by atoms with Gasteiger partial charge in [-0.2, -0.15) is 5.06 Å². The lowest BCUT2D eigenvalue weighted by atomic mass is 9.98. The molecular weight excluding hydrogens is 483 g/mol. The van der Waals surface area contributed by atoms with Crippen LogP contribution in [0.1, 0.15) is 27.2 Å². The predicted molar refractivity (Wildman–Crippen MR) is 109 cm³/mol. The number of carbonyl (C=O) groups is 3. The number of nitrogens with one attached hydrogen (secondary N) is 1. The molecule has 28 heavy (non-hydrogen) atoms. The number of rotatable bonds is 8. The molecule has 2 bridgehead atoms. The molecule has 0 saturated carbocycles. The minimum atomic E-state index is -0.618. The van der Waals surface area contributed by atoms with E-state index in [0.717, 1.165) is 0 Å². The zero-order valence-corrected chi connectivity index (χ0v) is 18.3. The van der Waals surface area contributed by atoms with E-state index in [0.29, 0.717) is 18.7 Å². The third-order valence-electron chi connectivity index (χ3n) is 3.93. The summed E-state index contributed by atoms with van der Waals surface area (Å²) in [5.41, 5.74) is -0.0488. The molecule has 0 aromatic carbocycles. The van der Waals surface area contributed by atoms with E-state index in [-0.39, 0.29) is 35.6 Å². The Labute approximate surface area is 177 Å². The Bertz CT molecular complexity index is 663. The van der Waals surface area contributed by atoms with E-state index in [1.54, 1.807) is 48.3 Å². The van der Waals surface area contributed by atoms with Gasteiger partial charge in [0.15, 0.2) is 6.61 Å². The lowest BCUT2D eigenvalue weighted by molar-refractivity contribution is -0.113. The maximum Gasteiger partial charge on any atom is 0.407 e. The van der Waals surface area contributed by atoms with Crippen LogP contribution in [0, 0.1) is 0 Å². The summed E-state index contributed by atoms with van der Waals surface area (Å²) in [7, 11) is 0. The first-order chi connectivity index (χ1) is 13.1. The van der Waals surface area contributed by atoms with Gasteiger partial charge in [0.1, 0.15) is 11.6 Å². The van der Waals surface area contributed by atoms with Gasteiger partial charge < -0.3 is 19.8 Å². The average Bonchev–Trinajstić information content (AvgIpc) is 2.85. The number of hydroxylamine groups is 2. The first kappa shape index (κ1) is 22.4. The third kappa shape index (κ3) is 6.06. The maximum absolute atomic E-state index is 12.7. The molecule has 0 unspecified atom stereocenters. The van der Waals surface area contributed by atoms with Gasteiger partial charge in [-0.3, -0.25) is 9.63 Å². The fourth-order valence-corrected chi connectivity index (χ4v) is 3.01. The number of urea groups is 1. The van der Waals surface area contributed by atoms with E-state index < -0.39 is 17.7 Å². The Balaban J connectivity index is 2.10. The van der Waals surface area contributed by atoms with Crippen LogP contribution in [0.15, 0.2) is 17.8 Å². The number of amides is 3. The number of oxime groups is 1. The van der Waals surface area contributed by atoms with Crippen LogP contribution in [0.5, 0.6) is 0 Å². The van der Waals surface area contributed by atoms with Crippen molar-refractivity contribution >= 4 is 44.2 Å². The van der Waals surface area contributed by atoms with Crippen molar-refractivity contribution in [3.05, 3.63) is 12.7 Å². The SMILES string of the molecule is C=CCON1C(=O)N2C[C@H]1/C(=N\OCC(=O)I)C[C@H]2CNC(=O)OC(C)(C)C. The van der Waals surface area contributed by atoms with Crippen molar-refractivity contribution in [3.63, 3.8) is 0 Å². The molecule has 0 aliphatic carbocycles. The zero-order chi connectivity index (χ0) is 20.9. The topological polar surface area (TPSA) is 110 Å². The quantitative estimate of drug-likeness (QED) is 0.232. The van der Waals surface area contributed by atoms with Gasteiger partial charge >= 0.3 is 12.1 Å². The summed E-state index contributed by atoms with van der Waals surface area (Å²) in [4.78, 5) is 47.9. The van der Waals surface area contributed by atoms with Crippen molar-refractivity contribution in [2.75, 3.05) is 26.3 Å². The molecule has 2 heterocycles. The number of hydrogen-bond donors (Lipinski definition) is 1. The molecule has 0 aromatic heterocycles. The number of piperidine rings is 1. The molecule has 3 amide bonds. The number of ether oxygens (including phenoxy) is 1. The molecule has 2 aliphatic rings. The molecule has 0 aromatic rings. The van der Waals surface area contributed by atoms with Gasteiger partial charge in [0, 0.05) is 35.6 Å². The molecule has 156 valence electrons. The lowest BCUT2D eigenvalue weighted by Crippen LogP contribution is -2.50. The molecule has 2 aliphatic heterocycles. The van der Waals surface area contributed by atoms with Crippen molar-refractivity contribution in [2.24, 2.45) is 5.16 Å². The van der Waals surface area contributed by atoms with Gasteiger partial charge in [-0.25, -0.2) is 9.59 Å². The number of carbonyl (C=O) groups excluding carboxylic acids is 3. The van der Waals surface area contributed by atoms with Gasteiger partial charge in [-0.15, -0.1) is 6.58 Å². The molecular formula is C17H25IN4O6. The van der Waals surface area contributed by atoms with Gasteiger partial charge in [-0.1, -0.05) is 11.2 Å². The largest absolute Gasteiger partial charge is 0.444 e. The highest BCUT2D eigenvalue weighted by atomic mass is 127. The lowest BCUT2D eigenvalue weighted by Gasteiger charge is -2.31. The normalized spacial score (nSPS) is 23.0. The van der Waals surface area contributed by atoms with Crippen LogP contribution in [0.3, 0.4) is 0 Å². The summed E-state index contributed by atoms with van der Waals surface area (Å²) in [6.45, 7) is 9.43. The monoisotopic (exact) mass is 508 g/mol. The van der Waals surface area contributed by atoms with E-state index in [2.05, 4.69) is 17.1 Å². The summed E-state index contributed by atoms with van der Waals surface area (Å²) in [6, 6.07) is -1.08. The smallest absolute Gasteiger partial charge is 0.407 e. The number of halogens is 1. The van der Waals surface area contributed by atoms with Crippen molar-refractivity contribution in [1.29, 1.82) is 0 Å². The third-order valence-corrected chi connectivity index (χ3v) is 4.24. The van der Waals surface area contributed by atoms with Crippen LogP contribution in [0.4, 0.5) is 9.59 Å². The Morgan fingerprint density at radius 2 is 2.14 bits per heavy atom. The predicted octanol–water partition coefficient (Wildman–Crippen LogP) is 1.84. The fourth-order valence-electron chi connectivity index (χ4n) is 2.87. The second-order valence-corrected chi connectivity index (χ2v) is 8.52. The fraction of sp³-hybridized carbons (Fsp3) is 0.647. The molecule has 2 rings (SSSR count). The second kappa shape index (κ2) is 9.54. The van der Waals surface area contributed by atoms with Gasteiger partial charge in [0.05, 0.1) is 24.9 Å². The first-order valence-electron chi connectivity index (χ1n) is 8.80. The maximum atomic E-state index is 12.7. The molecule has 0 spiro atoms. The van der Waals surface area contributed by atoms with Crippen molar-refractivity contribution in [1.82, 2.24) is 15.3 Å². The van der Waals surface area contributed by atoms with Gasteiger partial charge in [0.2, 0.25) is 3.79 Å². The number of nitrogens with zero attached hydrogens (tertiary/aromatic N) is 3. The Morgan fingerprint density at radius 1 is 1.43 bits per heavy atom. The summed E-state index contributed by atoms with van der Waals surface area (Å²) in [5, 5.41) is 7.98. The van der Waals surface area contributed by atoms with Crippen LogP contribution in [0.2, 0.25) is 0 Å². The molecule has 2 atom stereocenters. The average molecular weight is 508 g/mol. The molecule has 2 saturated heterocycles. The highest BCUT2D eigenvalue weighted by molar-refractivity contribution is 14.1. The summed E-state index contributed by atoms with van der Waals surface area (Å²) in [6.07, 6.45) is 1.34. The zero-order valence-electron chi connectivity index (χ0n) is 16.1. The van der Waals surface area contributed by atoms with Crippen LogP contribution < -0.4 is 5.32 Å². The van der Waals surface area contributed by atoms with Crippen LogP contribution in [0.25, 0.3) is 0 Å². The molecule has 2 fully saturated rings. The van der Waals surface area contributed by atoms with E-state index in [4.69, 9.17) is 14.4 Å². The van der Waals surface area contributed by atoms with Crippen molar-refractivity contribution < 1.29 is 28.8 Å². The van der Waals surface area contributed by atoms with E-state index in [1.165, 1.54) is 11.1 Å². The van der Waals surface area contributed by atoms with E-state index >= 15 is 0 Å². The number of fused-ring (bicyclic) bond motifs is 2. The standard InChI is InChI=1S/C17H25IN4O6/c1-5-6-27-22-13-9-21(16(22)25)11(7-12(13)20-26-10-14(18)23)8-19-15(24)28-17(2,3)4/h5,11,13H,1,6-10H2,2-4H3,(H,19,24)/b20-12-/t11-,13-/m0/s1. The highest BCUT2D eigenvalue weighted by Gasteiger charge is 2.49. The summed E-state index contributed by atoms with van der Waals surface area (Å²) in [5.74, 6) is 0. The highest BCUT2D eigenvalue weighted by Crippen LogP contribution is 2.28. The molecule has 1 N–H and O–H groups in total. The minimum absolute atomic E-state index is 0.164. The Kier molecular flexibility index (Phi) is 7.63. The van der Waals surface area contributed by atoms with Crippen LogP contribution in [-0.4, -0.2) is 75.6 Å². The minimum Gasteiger partial charge on any atom is -0.444 e. The second-order valence-electron chi connectivity index (χ2n) is 7.31. The van der Waals surface area contributed by atoms with Gasteiger partial charge in [0.25, 0.3) is 0 Å². The number of hydrogen-bond acceptors (Lipinski definition) is 7. The van der Waals surface area contributed by atoms with Crippen molar-refractivity contribution in [2.45, 2.75) is 44.9 Å². The molecule has 11 heteroatoms.